The number of aromatic nitrogens is 5. The lowest BCUT2D eigenvalue weighted by molar-refractivity contribution is 0.0953. The van der Waals surface area contributed by atoms with Gasteiger partial charge in [0.1, 0.15) is 0 Å². The molecular formula is C18H17N5O2S3. The number of hydrogen-bond acceptors (Lipinski definition) is 9. The average molecular weight is 432 g/mol. The van der Waals surface area contributed by atoms with E-state index in [2.05, 4.69) is 36.4 Å². The molecule has 5 rings (SSSR count). The molecule has 4 aromatic heterocycles. The molecule has 0 aliphatic carbocycles. The van der Waals surface area contributed by atoms with E-state index >= 15 is 0 Å². The van der Waals surface area contributed by atoms with Gasteiger partial charge in [-0.15, -0.1) is 32.9 Å². The molecule has 0 unspecified atom stereocenters. The van der Waals surface area contributed by atoms with Crippen molar-refractivity contribution in [1.29, 1.82) is 0 Å². The van der Waals surface area contributed by atoms with Crippen LogP contribution >= 0.6 is 34.4 Å². The van der Waals surface area contributed by atoms with Crippen molar-refractivity contribution in [2.24, 2.45) is 0 Å². The van der Waals surface area contributed by atoms with Crippen LogP contribution in [0.4, 0.5) is 0 Å². The van der Waals surface area contributed by atoms with Gasteiger partial charge in [-0.3, -0.25) is 4.57 Å². The zero-order valence-electron chi connectivity index (χ0n) is 14.9. The lowest BCUT2D eigenvalue weighted by atomic mass is 10.2. The third-order valence-electron chi connectivity index (χ3n) is 4.40. The monoisotopic (exact) mass is 431 g/mol. The number of nitrogens with zero attached hydrogens (tertiary/aromatic N) is 5. The molecule has 28 heavy (non-hydrogen) atoms. The van der Waals surface area contributed by atoms with Crippen LogP contribution in [0, 0.1) is 0 Å². The second-order valence-corrected chi connectivity index (χ2v) is 9.15. The van der Waals surface area contributed by atoms with E-state index in [0.29, 0.717) is 17.5 Å². The predicted molar refractivity (Wildman–Crippen MR) is 109 cm³/mol. The van der Waals surface area contributed by atoms with Crippen LogP contribution in [0.2, 0.25) is 0 Å². The van der Waals surface area contributed by atoms with Gasteiger partial charge in [-0.2, -0.15) is 4.98 Å². The summed E-state index contributed by atoms with van der Waals surface area (Å²) >= 11 is 4.82. The number of thioether (sulfide) groups is 1. The maximum absolute atomic E-state index is 5.84. The molecule has 0 amide bonds. The van der Waals surface area contributed by atoms with E-state index in [0.717, 1.165) is 46.7 Å². The fourth-order valence-electron chi connectivity index (χ4n) is 3.08. The molecule has 1 aliphatic heterocycles. The first-order valence-corrected chi connectivity index (χ1v) is 11.7. The Morgan fingerprint density at radius 3 is 2.75 bits per heavy atom. The fraction of sp³-hybridized carbons (Fsp3) is 0.333. The number of hydrogen-bond donors (Lipinski definition) is 0. The zero-order chi connectivity index (χ0) is 18.8. The summed E-state index contributed by atoms with van der Waals surface area (Å²) in [6, 6.07) is 8.05. The smallest absolute Gasteiger partial charge is 0.268 e. The quantitative estimate of drug-likeness (QED) is 0.396. The fourth-order valence-corrected chi connectivity index (χ4v) is 5.23. The molecule has 7 nitrogen and oxygen atoms in total. The van der Waals surface area contributed by atoms with Crippen molar-refractivity contribution >= 4 is 34.4 Å². The molecule has 0 aromatic carbocycles. The molecular weight excluding hydrogens is 414 g/mol. The first-order chi connectivity index (χ1) is 13.9. The van der Waals surface area contributed by atoms with E-state index in [1.807, 2.05) is 23.6 Å². The first-order valence-electron chi connectivity index (χ1n) is 8.95. The zero-order valence-corrected chi connectivity index (χ0v) is 17.3. The second-order valence-electron chi connectivity index (χ2n) is 6.31. The summed E-state index contributed by atoms with van der Waals surface area (Å²) in [7, 11) is 0. The van der Waals surface area contributed by atoms with E-state index in [1.165, 1.54) is 0 Å². The van der Waals surface area contributed by atoms with Gasteiger partial charge in [0.25, 0.3) is 5.89 Å². The van der Waals surface area contributed by atoms with Gasteiger partial charge in [0, 0.05) is 6.61 Å². The number of rotatable bonds is 7. The van der Waals surface area contributed by atoms with Gasteiger partial charge < -0.3 is 9.26 Å². The first kappa shape index (κ1) is 18.0. The van der Waals surface area contributed by atoms with Gasteiger partial charge >= 0.3 is 0 Å². The van der Waals surface area contributed by atoms with Crippen molar-refractivity contribution < 1.29 is 9.26 Å². The molecule has 0 N–H and O–H groups in total. The minimum Gasteiger partial charge on any atom is -0.376 e. The van der Waals surface area contributed by atoms with Crippen molar-refractivity contribution in [3.05, 3.63) is 40.8 Å². The summed E-state index contributed by atoms with van der Waals surface area (Å²) in [5.41, 5.74) is 0. The molecule has 1 saturated heterocycles. The van der Waals surface area contributed by atoms with Crippen molar-refractivity contribution in [2.45, 2.75) is 36.4 Å². The van der Waals surface area contributed by atoms with E-state index in [4.69, 9.17) is 9.26 Å². The highest BCUT2D eigenvalue weighted by Gasteiger charge is 2.22. The maximum Gasteiger partial charge on any atom is 0.268 e. The largest absolute Gasteiger partial charge is 0.376 e. The Hall–Kier alpha value is -2.01. The van der Waals surface area contributed by atoms with Gasteiger partial charge in [0.05, 0.1) is 28.2 Å². The molecule has 0 spiro atoms. The van der Waals surface area contributed by atoms with Crippen LogP contribution in [0.1, 0.15) is 18.7 Å². The molecule has 1 fully saturated rings. The Labute approximate surface area is 173 Å². The summed E-state index contributed by atoms with van der Waals surface area (Å²) in [6.07, 6.45) is 2.39. The minimum absolute atomic E-state index is 0.213. The molecule has 5 heterocycles. The molecule has 1 aliphatic rings. The molecule has 144 valence electrons. The summed E-state index contributed by atoms with van der Waals surface area (Å²) < 4.78 is 13.4. The van der Waals surface area contributed by atoms with Crippen LogP contribution in [-0.2, 0) is 17.0 Å². The van der Waals surface area contributed by atoms with Crippen LogP contribution in [0.3, 0.4) is 0 Å². The van der Waals surface area contributed by atoms with E-state index in [9.17, 15) is 0 Å². The minimum atomic E-state index is 0.213. The highest BCUT2D eigenvalue weighted by Crippen LogP contribution is 2.30. The Morgan fingerprint density at radius 1 is 1.14 bits per heavy atom. The van der Waals surface area contributed by atoms with Gasteiger partial charge in [0.2, 0.25) is 0 Å². The standard InChI is InChI=1S/C18H17N5O2S3/c1-4-12(24-7-1)10-23-16(13-5-2-8-26-13)20-21-18(23)28-11-15-19-17(25-22-15)14-6-3-9-27-14/h2-3,5-6,8-9,12H,1,4,7,10-11H2/t12-/m0/s1. The Bertz CT molecular complexity index is 1020. The van der Waals surface area contributed by atoms with Crippen LogP contribution in [0.15, 0.2) is 44.7 Å². The average Bonchev–Trinajstić information content (AvgIpc) is 3.53. The van der Waals surface area contributed by atoms with Gasteiger partial charge in [0.15, 0.2) is 16.8 Å². The summed E-state index contributed by atoms with van der Waals surface area (Å²) in [5, 5.41) is 17.9. The highest BCUT2D eigenvalue weighted by molar-refractivity contribution is 7.98. The summed E-state index contributed by atoms with van der Waals surface area (Å²) in [5.74, 6) is 2.67. The van der Waals surface area contributed by atoms with Crippen LogP contribution in [0.5, 0.6) is 0 Å². The third kappa shape index (κ3) is 3.77. The Kier molecular flexibility index (Phi) is 5.26. The Balaban J connectivity index is 1.35. The SMILES string of the molecule is c1csc(-c2nc(CSc3nnc(-c4cccs4)n3C[C@@H]3CCCO3)no2)c1. The highest BCUT2D eigenvalue weighted by atomic mass is 32.2. The van der Waals surface area contributed by atoms with Crippen LogP contribution in [-0.4, -0.2) is 37.6 Å². The maximum atomic E-state index is 5.84. The van der Waals surface area contributed by atoms with E-state index in [-0.39, 0.29) is 6.10 Å². The topological polar surface area (TPSA) is 78.9 Å². The lowest BCUT2D eigenvalue weighted by Gasteiger charge is -2.13. The van der Waals surface area contributed by atoms with Gasteiger partial charge in [-0.1, -0.05) is 29.1 Å². The molecule has 0 bridgehead atoms. The molecule has 0 radical (unpaired) electrons. The van der Waals surface area contributed by atoms with Crippen molar-refractivity contribution in [3.8, 4) is 21.5 Å². The Morgan fingerprint density at radius 2 is 2.00 bits per heavy atom. The summed E-state index contributed by atoms with van der Waals surface area (Å²) in [4.78, 5) is 6.57. The number of thiophene rings is 2. The lowest BCUT2D eigenvalue weighted by Crippen LogP contribution is -2.16. The summed E-state index contributed by atoms with van der Waals surface area (Å²) in [6.45, 7) is 1.59. The molecule has 4 aromatic rings. The van der Waals surface area contributed by atoms with Crippen LogP contribution in [0.25, 0.3) is 21.5 Å². The normalized spacial score (nSPS) is 16.8. The molecule has 1 atom stereocenters. The predicted octanol–water partition coefficient (Wildman–Crippen LogP) is 4.59. The van der Waals surface area contributed by atoms with Crippen molar-refractivity contribution in [2.75, 3.05) is 6.61 Å². The van der Waals surface area contributed by atoms with Crippen molar-refractivity contribution in [3.63, 3.8) is 0 Å². The third-order valence-corrected chi connectivity index (χ3v) is 7.09. The molecule has 10 heteroatoms. The van der Waals surface area contributed by atoms with Crippen LogP contribution < -0.4 is 0 Å². The van der Waals surface area contributed by atoms with Gasteiger partial charge in [-0.05, 0) is 35.7 Å². The second kappa shape index (κ2) is 8.16. The number of ether oxygens (including phenoxy) is 1. The van der Waals surface area contributed by atoms with E-state index in [1.54, 1.807) is 34.4 Å². The van der Waals surface area contributed by atoms with E-state index < -0.39 is 0 Å². The van der Waals surface area contributed by atoms with Crippen molar-refractivity contribution in [1.82, 2.24) is 24.9 Å². The molecule has 0 saturated carbocycles. The van der Waals surface area contributed by atoms with Gasteiger partial charge in [-0.25, -0.2) is 0 Å².